The predicted octanol–water partition coefficient (Wildman–Crippen LogP) is 4.02. The van der Waals surface area contributed by atoms with Gasteiger partial charge in [-0.25, -0.2) is 0 Å². The number of para-hydroxylation sites is 1. The number of benzene rings is 2. The second kappa shape index (κ2) is 5.95. The topological polar surface area (TPSA) is 51.5 Å². The molecular formula is C19H19NO3. The quantitative estimate of drug-likeness (QED) is 0.792. The fraction of sp³-hybridized carbons (Fsp3) is 0.316. The number of nitrogens with one attached hydrogen (secondary N) is 1. The van der Waals surface area contributed by atoms with Crippen LogP contribution >= 0.6 is 0 Å². The van der Waals surface area contributed by atoms with E-state index in [4.69, 9.17) is 9.15 Å². The monoisotopic (exact) mass is 309 g/mol. The van der Waals surface area contributed by atoms with E-state index in [-0.39, 0.29) is 12.5 Å². The molecule has 0 saturated heterocycles. The minimum Gasteiger partial charge on any atom is -0.484 e. The van der Waals surface area contributed by atoms with Crippen LogP contribution in [-0.4, -0.2) is 18.6 Å². The highest BCUT2D eigenvalue weighted by molar-refractivity contribution is 6.05. The summed E-state index contributed by atoms with van der Waals surface area (Å²) < 4.78 is 11.4. The van der Waals surface area contributed by atoms with Gasteiger partial charge < -0.3 is 14.5 Å². The number of hydrogen-bond donors (Lipinski definition) is 1. The third-order valence-corrected chi connectivity index (χ3v) is 4.44. The van der Waals surface area contributed by atoms with Crippen molar-refractivity contribution in [3.8, 4) is 5.75 Å². The number of amides is 1. The van der Waals surface area contributed by atoms with Crippen LogP contribution in [0.2, 0.25) is 0 Å². The molecule has 0 unspecified atom stereocenters. The van der Waals surface area contributed by atoms with Gasteiger partial charge in [-0.2, -0.15) is 0 Å². The van der Waals surface area contributed by atoms with E-state index in [1.807, 2.05) is 42.5 Å². The minimum atomic E-state index is -0.0472. The molecular weight excluding hydrogens is 290 g/mol. The number of rotatable bonds is 4. The van der Waals surface area contributed by atoms with E-state index in [1.54, 1.807) is 0 Å². The number of hydrogen-bond acceptors (Lipinski definition) is 3. The van der Waals surface area contributed by atoms with Gasteiger partial charge in [0.15, 0.2) is 6.61 Å². The lowest BCUT2D eigenvalue weighted by molar-refractivity contribution is -0.123. The molecule has 1 aliphatic rings. The molecule has 1 heterocycles. The molecule has 1 aromatic heterocycles. The zero-order valence-corrected chi connectivity index (χ0v) is 12.9. The predicted molar refractivity (Wildman–Crippen MR) is 89.6 cm³/mol. The van der Waals surface area contributed by atoms with Gasteiger partial charge in [-0.15, -0.1) is 0 Å². The van der Waals surface area contributed by atoms with Crippen LogP contribution in [0.1, 0.15) is 25.7 Å². The van der Waals surface area contributed by atoms with Crippen molar-refractivity contribution in [2.24, 2.45) is 0 Å². The van der Waals surface area contributed by atoms with Crippen molar-refractivity contribution in [3.05, 3.63) is 42.5 Å². The molecule has 0 spiro atoms. The Morgan fingerprint density at radius 2 is 1.87 bits per heavy atom. The number of furan rings is 1. The Bertz CT molecular complexity index is 846. The zero-order chi connectivity index (χ0) is 15.6. The second-order valence-electron chi connectivity index (χ2n) is 6.09. The van der Waals surface area contributed by atoms with Crippen LogP contribution in [0.4, 0.5) is 0 Å². The molecule has 1 N–H and O–H groups in total. The molecule has 0 aliphatic heterocycles. The number of ether oxygens (including phenoxy) is 1. The largest absolute Gasteiger partial charge is 0.484 e. The highest BCUT2D eigenvalue weighted by atomic mass is 16.5. The molecule has 4 heteroatoms. The molecule has 2 aromatic carbocycles. The maximum absolute atomic E-state index is 11.9. The van der Waals surface area contributed by atoms with Crippen molar-refractivity contribution in [2.45, 2.75) is 31.7 Å². The average molecular weight is 309 g/mol. The summed E-state index contributed by atoms with van der Waals surface area (Å²) in [5.74, 6) is 0.639. The molecule has 4 nitrogen and oxygen atoms in total. The normalized spacial score (nSPS) is 15.3. The van der Waals surface area contributed by atoms with Crippen molar-refractivity contribution in [1.82, 2.24) is 5.32 Å². The smallest absolute Gasteiger partial charge is 0.258 e. The molecule has 23 heavy (non-hydrogen) atoms. The molecule has 0 radical (unpaired) electrons. The maximum Gasteiger partial charge on any atom is 0.258 e. The highest BCUT2D eigenvalue weighted by Gasteiger charge is 2.17. The fourth-order valence-electron chi connectivity index (χ4n) is 3.28. The lowest BCUT2D eigenvalue weighted by atomic mass is 10.1. The minimum absolute atomic E-state index is 0.0472. The van der Waals surface area contributed by atoms with E-state index in [2.05, 4.69) is 5.32 Å². The Labute approximate surface area is 134 Å². The van der Waals surface area contributed by atoms with E-state index >= 15 is 0 Å². The summed E-state index contributed by atoms with van der Waals surface area (Å²) in [7, 11) is 0. The van der Waals surface area contributed by atoms with Crippen LogP contribution in [0, 0.1) is 0 Å². The van der Waals surface area contributed by atoms with E-state index < -0.39 is 0 Å². The van der Waals surface area contributed by atoms with Gasteiger partial charge in [0, 0.05) is 16.8 Å². The standard InChI is InChI=1S/C19H19NO3/c21-19(20-13-5-1-2-6-13)12-22-14-9-10-18-16(11-14)15-7-3-4-8-17(15)23-18/h3-4,7-11,13H,1-2,5-6,12H2,(H,20,21). The average Bonchev–Trinajstić information content (AvgIpc) is 3.20. The van der Waals surface area contributed by atoms with Gasteiger partial charge >= 0.3 is 0 Å². The van der Waals surface area contributed by atoms with Gasteiger partial charge in [-0.1, -0.05) is 31.0 Å². The van der Waals surface area contributed by atoms with Crippen LogP contribution in [0.15, 0.2) is 46.9 Å². The van der Waals surface area contributed by atoms with E-state index in [1.165, 1.54) is 12.8 Å². The van der Waals surface area contributed by atoms with Crippen LogP contribution in [0.25, 0.3) is 21.9 Å². The summed E-state index contributed by atoms with van der Waals surface area (Å²) in [6.07, 6.45) is 4.57. The first-order valence-corrected chi connectivity index (χ1v) is 8.13. The Hall–Kier alpha value is -2.49. The Balaban J connectivity index is 1.48. The van der Waals surface area contributed by atoms with Crippen molar-refractivity contribution < 1.29 is 13.9 Å². The molecule has 1 aliphatic carbocycles. The summed E-state index contributed by atoms with van der Waals surface area (Å²) in [6.45, 7) is 0.0534. The molecule has 3 aromatic rings. The van der Waals surface area contributed by atoms with E-state index in [0.29, 0.717) is 11.8 Å². The van der Waals surface area contributed by atoms with Crippen LogP contribution in [-0.2, 0) is 4.79 Å². The molecule has 0 bridgehead atoms. The van der Waals surface area contributed by atoms with Crippen LogP contribution < -0.4 is 10.1 Å². The van der Waals surface area contributed by atoms with Gasteiger partial charge in [-0.3, -0.25) is 4.79 Å². The lowest BCUT2D eigenvalue weighted by Crippen LogP contribution is -2.36. The molecule has 1 fully saturated rings. The molecule has 1 saturated carbocycles. The Morgan fingerprint density at radius 3 is 2.74 bits per heavy atom. The molecule has 0 atom stereocenters. The summed E-state index contributed by atoms with van der Waals surface area (Å²) in [5, 5.41) is 5.10. The number of carbonyl (C=O) groups excluding carboxylic acids is 1. The summed E-state index contributed by atoms with van der Waals surface area (Å²) >= 11 is 0. The fourth-order valence-corrected chi connectivity index (χ4v) is 3.28. The van der Waals surface area contributed by atoms with Crippen LogP contribution in [0.5, 0.6) is 5.75 Å². The first-order chi connectivity index (χ1) is 11.3. The highest BCUT2D eigenvalue weighted by Crippen LogP contribution is 2.31. The molecule has 1 amide bonds. The maximum atomic E-state index is 11.9. The van der Waals surface area contributed by atoms with Crippen LogP contribution in [0.3, 0.4) is 0 Å². The molecule has 118 valence electrons. The van der Waals surface area contributed by atoms with Gasteiger partial charge in [0.05, 0.1) is 0 Å². The Morgan fingerprint density at radius 1 is 1.09 bits per heavy atom. The Kier molecular flexibility index (Phi) is 3.66. The van der Waals surface area contributed by atoms with E-state index in [0.717, 1.165) is 34.8 Å². The third kappa shape index (κ3) is 2.89. The third-order valence-electron chi connectivity index (χ3n) is 4.44. The van der Waals surface area contributed by atoms with Crippen molar-refractivity contribution in [3.63, 3.8) is 0 Å². The van der Waals surface area contributed by atoms with Gasteiger partial charge in [0.2, 0.25) is 0 Å². The van der Waals surface area contributed by atoms with E-state index in [9.17, 15) is 4.79 Å². The summed E-state index contributed by atoms with van der Waals surface area (Å²) in [5.41, 5.74) is 1.69. The SMILES string of the molecule is O=C(COc1ccc2oc3ccccc3c2c1)NC1CCCC1. The van der Waals surface area contributed by atoms with Gasteiger partial charge in [0.1, 0.15) is 16.9 Å². The summed E-state index contributed by atoms with van der Waals surface area (Å²) in [6, 6.07) is 13.9. The summed E-state index contributed by atoms with van der Waals surface area (Å²) in [4.78, 5) is 11.9. The van der Waals surface area contributed by atoms with Gasteiger partial charge in [-0.05, 0) is 37.1 Å². The lowest BCUT2D eigenvalue weighted by Gasteiger charge is -2.12. The van der Waals surface area contributed by atoms with Crippen molar-refractivity contribution in [2.75, 3.05) is 6.61 Å². The second-order valence-corrected chi connectivity index (χ2v) is 6.09. The first-order valence-electron chi connectivity index (χ1n) is 8.13. The first kappa shape index (κ1) is 14.1. The van der Waals surface area contributed by atoms with Gasteiger partial charge in [0.25, 0.3) is 5.91 Å². The van der Waals surface area contributed by atoms with Crippen molar-refractivity contribution in [1.29, 1.82) is 0 Å². The number of carbonyl (C=O) groups is 1. The zero-order valence-electron chi connectivity index (χ0n) is 12.9. The van der Waals surface area contributed by atoms with Crippen molar-refractivity contribution >= 4 is 27.8 Å². The number of fused-ring (bicyclic) bond motifs is 3. The molecule has 4 rings (SSSR count).